The first-order chi connectivity index (χ1) is 13.8. The van der Waals surface area contributed by atoms with Gasteiger partial charge in [-0.2, -0.15) is 0 Å². The molecule has 2 aromatic carbocycles. The molecule has 139 valence electrons. The van der Waals surface area contributed by atoms with E-state index in [9.17, 15) is 0 Å². The van der Waals surface area contributed by atoms with E-state index in [0.29, 0.717) is 0 Å². The lowest BCUT2D eigenvalue weighted by molar-refractivity contribution is 0.757. The fraction of sp³-hybridized carbons (Fsp3) is 0.200. The third-order valence-corrected chi connectivity index (χ3v) is 5.27. The van der Waals surface area contributed by atoms with Crippen LogP contribution in [0.15, 0.2) is 89.5 Å². The fourth-order valence-electron chi connectivity index (χ4n) is 3.46. The summed E-state index contributed by atoms with van der Waals surface area (Å²) in [6, 6.07) is 20.7. The summed E-state index contributed by atoms with van der Waals surface area (Å²) in [5.74, 6) is 0.937. The zero-order valence-electron chi connectivity index (χ0n) is 15.8. The Bertz CT molecular complexity index is 966. The lowest BCUT2D eigenvalue weighted by Gasteiger charge is -2.08. The van der Waals surface area contributed by atoms with E-state index >= 15 is 0 Å². The van der Waals surface area contributed by atoms with Gasteiger partial charge in [0.05, 0.1) is 11.4 Å². The van der Waals surface area contributed by atoms with Crippen LogP contribution in [0.1, 0.15) is 43.2 Å². The largest absolute Gasteiger partial charge is 0.231 e. The third kappa shape index (κ3) is 4.55. The Labute approximate surface area is 172 Å². The molecule has 2 aliphatic rings. The predicted octanol–water partition coefficient (Wildman–Crippen LogP) is 6.35. The molecule has 0 saturated carbocycles. The van der Waals surface area contributed by atoms with Crippen LogP contribution >= 0.6 is 12.2 Å². The maximum absolute atomic E-state index is 5.21. The van der Waals surface area contributed by atoms with Crippen molar-refractivity contribution in [3.63, 3.8) is 0 Å². The molecule has 2 nitrogen and oxygen atoms in total. The maximum atomic E-state index is 5.21. The van der Waals surface area contributed by atoms with Gasteiger partial charge < -0.3 is 0 Å². The van der Waals surface area contributed by atoms with Crippen molar-refractivity contribution < 1.29 is 0 Å². The highest BCUT2D eigenvalue weighted by Gasteiger charge is 2.21. The molecule has 0 unspecified atom stereocenters. The predicted molar refractivity (Wildman–Crippen MR) is 122 cm³/mol. The average molecular weight is 384 g/mol. The number of benzene rings is 2. The molecule has 0 bridgehead atoms. The van der Waals surface area contributed by atoms with Crippen LogP contribution in [0.25, 0.3) is 11.4 Å². The van der Waals surface area contributed by atoms with Crippen LogP contribution < -0.4 is 5.32 Å². The quantitative estimate of drug-likeness (QED) is 0.404. The summed E-state index contributed by atoms with van der Waals surface area (Å²) in [5, 5.41) is 4.89. The van der Waals surface area contributed by atoms with Crippen molar-refractivity contribution in [3.8, 4) is 0 Å². The molecule has 0 N–H and O–H groups in total. The summed E-state index contributed by atoms with van der Waals surface area (Å²) < 4.78 is 0. The first-order valence-electron chi connectivity index (χ1n) is 9.84. The van der Waals surface area contributed by atoms with Crippen LogP contribution in [0.4, 0.5) is 0 Å². The fourth-order valence-corrected chi connectivity index (χ4v) is 3.61. The van der Waals surface area contributed by atoms with E-state index in [-0.39, 0.29) is 0 Å². The number of aliphatic imine (C=N–C) groups is 1. The van der Waals surface area contributed by atoms with E-state index in [1.165, 1.54) is 5.57 Å². The van der Waals surface area contributed by atoms with Crippen molar-refractivity contribution in [2.24, 2.45) is 4.99 Å². The third-order valence-electron chi connectivity index (χ3n) is 4.97. The monoisotopic (exact) mass is 383 g/mol. The summed E-state index contributed by atoms with van der Waals surface area (Å²) in [6.07, 6.45) is 11.6. The van der Waals surface area contributed by atoms with Crippen LogP contribution in [-0.2, 0) is 0 Å². The topological polar surface area (TPSA) is 26.5 Å². The Hall–Kier alpha value is -2.78. The molecule has 0 saturated heterocycles. The molecule has 3 heteroatoms. The van der Waals surface area contributed by atoms with Crippen molar-refractivity contribution in [1.82, 2.24) is 5.32 Å². The summed E-state index contributed by atoms with van der Waals surface area (Å²) in [4.78, 5) is 5.92. The second kappa shape index (κ2) is 8.94. The average Bonchev–Trinajstić information content (AvgIpc) is 3.18. The van der Waals surface area contributed by atoms with Gasteiger partial charge in [0.2, 0.25) is 0 Å². The summed E-state index contributed by atoms with van der Waals surface area (Å²) >= 11 is 5.21. The van der Waals surface area contributed by atoms with Crippen LogP contribution in [0, 0.1) is 0 Å². The van der Waals surface area contributed by atoms with Gasteiger partial charge in [0.15, 0.2) is 0 Å². The zero-order chi connectivity index (χ0) is 19.2. The van der Waals surface area contributed by atoms with Crippen LogP contribution in [0.3, 0.4) is 0 Å². The lowest BCUT2D eigenvalue weighted by Crippen LogP contribution is -2.10. The highest BCUT2D eigenvalue weighted by Crippen LogP contribution is 2.31. The Kier molecular flexibility index (Phi) is 5.93. The first kappa shape index (κ1) is 18.6. The van der Waals surface area contributed by atoms with Crippen LogP contribution in [0.5, 0.6) is 0 Å². The Morgan fingerprint density at radius 2 is 1.39 bits per heavy atom. The van der Waals surface area contributed by atoms with E-state index in [2.05, 4.69) is 66.8 Å². The molecule has 0 amide bonds. The molecular formula is C25H23N2S. The normalized spacial score (nSPS) is 16.1. The van der Waals surface area contributed by atoms with Gasteiger partial charge in [0.1, 0.15) is 5.84 Å². The van der Waals surface area contributed by atoms with Gasteiger partial charge in [0.25, 0.3) is 0 Å². The summed E-state index contributed by atoms with van der Waals surface area (Å²) in [7, 11) is 0. The van der Waals surface area contributed by atoms with E-state index in [1.54, 1.807) is 0 Å². The van der Waals surface area contributed by atoms with Gasteiger partial charge in [-0.05, 0) is 25.3 Å². The molecule has 1 radical (unpaired) electrons. The Morgan fingerprint density at radius 1 is 0.750 bits per heavy atom. The molecule has 0 spiro atoms. The minimum atomic E-state index is 0.905. The molecule has 2 aromatic rings. The van der Waals surface area contributed by atoms with E-state index < -0.39 is 0 Å². The molecule has 28 heavy (non-hydrogen) atoms. The standard InChI is InChI=1S/C25H23N2S/c28-22-17-15-19(16-18-22)9-7-8-14-23-26-24(20-10-3-1-4-11-20)25(27-23)21-12-5-2-6-13-21/h1-6,10-13,15-17H,7-9,14,18H2. The second-order valence-corrected chi connectivity index (χ2v) is 7.58. The maximum Gasteiger partial charge on any atom is 0.129 e. The SMILES string of the molecule is S=C1C=CC(CCCCC2=NC(c3ccccc3)=C(c3ccccc3)[N]2)=CC1. The Morgan fingerprint density at radius 3 is 2.04 bits per heavy atom. The number of rotatable bonds is 7. The van der Waals surface area contributed by atoms with Gasteiger partial charge in [0, 0.05) is 28.8 Å². The van der Waals surface area contributed by atoms with Crippen molar-refractivity contribution in [2.45, 2.75) is 32.1 Å². The van der Waals surface area contributed by atoms with Crippen molar-refractivity contribution in [3.05, 3.63) is 95.6 Å². The Balaban J connectivity index is 1.41. The van der Waals surface area contributed by atoms with Crippen molar-refractivity contribution in [2.75, 3.05) is 0 Å². The van der Waals surface area contributed by atoms with Crippen LogP contribution in [-0.4, -0.2) is 10.7 Å². The number of nitrogens with zero attached hydrogens (tertiary/aromatic N) is 2. The molecule has 1 heterocycles. The molecule has 4 rings (SSSR count). The van der Waals surface area contributed by atoms with E-state index in [1.807, 2.05) is 12.1 Å². The molecule has 0 fully saturated rings. The number of hydrogen-bond acceptors (Lipinski definition) is 2. The van der Waals surface area contributed by atoms with Gasteiger partial charge >= 0.3 is 0 Å². The zero-order valence-corrected chi connectivity index (χ0v) is 16.7. The van der Waals surface area contributed by atoms with E-state index in [4.69, 9.17) is 22.5 Å². The second-order valence-electron chi connectivity index (χ2n) is 7.06. The highest BCUT2D eigenvalue weighted by molar-refractivity contribution is 7.80. The smallest absolute Gasteiger partial charge is 0.129 e. The molecular weight excluding hydrogens is 360 g/mol. The molecule has 0 atom stereocenters. The number of thiocarbonyl (C=S) groups is 1. The number of hydrogen-bond donors (Lipinski definition) is 0. The van der Waals surface area contributed by atoms with Gasteiger partial charge in [-0.3, -0.25) is 0 Å². The minimum absolute atomic E-state index is 0.905. The number of unbranched alkanes of at least 4 members (excludes halogenated alkanes) is 1. The minimum Gasteiger partial charge on any atom is -0.231 e. The highest BCUT2D eigenvalue weighted by atomic mass is 32.1. The summed E-state index contributed by atoms with van der Waals surface area (Å²) in [5.41, 5.74) is 5.59. The summed E-state index contributed by atoms with van der Waals surface area (Å²) in [6.45, 7) is 0. The number of amidine groups is 1. The number of allylic oxidation sites excluding steroid dienone is 4. The van der Waals surface area contributed by atoms with Crippen LogP contribution in [0.2, 0.25) is 0 Å². The first-order valence-corrected chi connectivity index (χ1v) is 10.2. The van der Waals surface area contributed by atoms with Gasteiger partial charge in [-0.15, -0.1) is 0 Å². The lowest BCUT2D eigenvalue weighted by atomic mass is 10.0. The van der Waals surface area contributed by atoms with E-state index in [0.717, 1.165) is 65.3 Å². The van der Waals surface area contributed by atoms with Crippen molar-refractivity contribution >= 4 is 34.3 Å². The van der Waals surface area contributed by atoms with Gasteiger partial charge in [-0.1, -0.05) is 90.6 Å². The molecule has 1 aliphatic heterocycles. The van der Waals surface area contributed by atoms with Crippen molar-refractivity contribution in [1.29, 1.82) is 0 Å². The molecule has 0 aromatic heterocycles. The molecule has 1 aliphatic carbocycles. The van der Waals surface area contributed by atoms with Gasteiger partial charge in [-0.25, -0.2) is 10.3 Å².